The fourth-order valence-corrected chi connectivity index (χ4v) is 1.96. The van der Waals surface area contributed by atoms with Crippen LogP contribution in [-0.4, -0.2) is 20.8 Å². The van der Waals surface area contributed by atoms with E-state index in [0.717, 1.165) is 0 Å². The average Bonchev–Trinajstić information content (AvgIpc) is 2.30. The van der Waals surface area contributed by atoms with E-state index in [2.05, 4.69) is 16.8 Å². The van der Waals surface area contributed by atoms with Gasteiger partial charge in [-0.25, -0.2) is 4.98 Å². The van der Waals surface area contributed by atoms with Crippen molar-refractivity contribution in [1.29, 1.82) is 0 Å². The van der Waals surface area contributed by atoms with Gasteiger partial charge in [-0.05, 0) is 6.92 Å². The highest BCUT2D eigenvalue weighted by atomic mass is 35.5. The Labute approximate surface area is 119 Å². The topological polar surface area (TPSA) is 73.1 Å². The van der Waals surface area contributed by atoms with Crippen LogP contribution in [0.3, 0.4) is 0 Å². The zero-order chi connectivity index (χ0) is 14.4. The van der Waals surface area contributed by atoms with E-state index in [1.165, 1.54) is 31.7 Å². The van der Waals surface area contributed by atoms with Gasteiger partial charge in [0.1, 0.15) is 10.8 Å². The lowest BCUT2D eigenvalue weighted by Crippen LogP contribution is -1.96. The summed E-state index contributed by atoms with van der Waals surface area (Å²) in [6.45, 7) is 3.01. The molecule has 7 heteroatoms. The molecular formula is C12H11ClN2O3S. The summed E-state index contributed by atoms with van der Waals surface area (Å²) < 4.78 is 0. The molecule has 0 aliphatic heterocycles. The maximum absolute atomic E-state index is 10.8. The molecule has 0 aromatic carbocycles. The molecule has 0 radical (unpaired) electrons. The third-order valence-corrected chi connectivity index (χ3v) is 3.19. The van der Waals surface area contributed by atoms with Crippen LogP contribution in [0.5, 0.6) is 0 Å². The number of hydrogen-bond acceptors (Lipinski definition) is 5. The van der Waals surface area contributed by atoms with Crippen LogP contribution in [0.25, 0.3) is 0 Å². The molecule has 1 aromatic heterocycles. The lowest BCUT2D eigenvalue weighted by Gasteiger charge is -1.99. The fraction of sp³-hybridized carbons (Fsp3) is 0.333. The molecule has 0 N–H and O–H groups in total. The van der Waals surface area contributed by atoms with E-state index >= 15 is 0 Å². The highest BCUT2D eigenvalue weighted by Gasteiger charge is 2.14. The van der Waals surface area contributed by atoms with Crippen molar-refractivity contribution in [3.05, 3.63) is 32.6 Å². The normalized spacial score (nSPS) is 9.63. The molecule has 0 bridgehead atoms. The molecule has 0 spiro atoms. The van der Waals surface area contributed by atoms with Gasteiger partial charge in [-0.15, -0.1) is 0 Å². The number of aromatic nitrogens is 1. The van der Waals surface area contributed by atoms with Gasteiger partial charge in [0.15, 0.2) is 5.12 Å². The quantitative estimate of drug-likeness (QED) is 0.282. The molecule has 5 nitrogen and oxygen atoms in total. The second-order valence-electron chi connectivity index (χ2n) is 3.58. The van der Waals surface area contributed by atoms with Crippen molar-refractivity contribution < 1.29 is 9.72 Å². The van der Waals surface area contributed by atoms with Gasteiger partial charge in [-0.3, -0.25) is 14.9 Å². The third-order valence-electron chi connectivity index (χ3n) is 2.09. The van der Waals surface area contributed by atoms with Gasteiger partial charge in [-0.2, -0.15) is 0 Å². The molecule has 0 amide bonds. The number of carbonyl (C=O) groups excluding carboxylic acids is 1. The molecule has 19 heavy (non-hydrogen) atoms. The minimum Gasteiger partial charge on any atom is -0.288 e. The van der Waals surface area contributed by atoms with Crippen LogP contribution in [-0.2, 0) is 4.79 Å². The molecule has 1 heterocycles. The first-order valence-electron chi connectivity index (χ1n) is 5.35. The van der Waals surface area contributed by atoms with Gasteiger partial charge in [-0.1, -0.05) is 35.2 Å². The van der Waals surface area contributed by atoms with Crippen molar-refractivity contribution in [3.8, 4) is 11.8 Å². The summed E-state index contributed by atoms with van der Waals surface area (Å²) in [6.07, 6.45) is 0.502. The van der Waals surface area contributed by atoms with Gasteiger partial charge in [0.05, 0.1) is 10.5 Å². The van der Waals surface area contributed by atoms with Crippen molar-refractivity contribution in [2.45, 2.75) is 20.3 Å². The Morgan fingerprint density at radius 2 is 2.32 bits per heavy atom. The number of rotatable bonds is 3. The Bertz CT molecular complexity index is 578. The summed E-state index contributed by atoms with van der Waals surface area (Å²) in [7, 11) is 0. The van der Waals surface area contributed by atoms with Crippen molar-refractivity contribution >= 4 is 34.2 Å². The number of thioether (sulfide) groups is 1. The second-order valence-corrected chi connectivity index (χ2v) is 5.21. The average molecular weight is 299 g/mol. The largest absolute Gasteiger partial charge is 0.291 e. The molecule has 0 fully saturated rings. The number of pyridine rings is 1. The van der Waals surface area contributed by atoms with Gasteiger partial charge in [0, 0.05) is 25.2 Å². The molecule has 0 unspecified atom stereocenters. The fourth-order valence-electron chi connectivity index (χ4n) is 1.24. The van der Waals surface area contributed by atoms with Gasteiger partial charge in [0.25, 0.3) is 5.69 Å². The van der Waals surface area contributed by atoms with E-state index < -0.39 is 4.92 Å². The maximum atomic E-state index is 10.8. The van der Waals surface area contributed by atoms with Crippen LogP contribution in [0.2, 0.25) is 5.15 Å². The first-order chi connectivity index (χ1) is 8.91. The molecule has 1 aromatic rings. The van der Waals surface area contributed by atoms with Gasteiger partial charge in [0.2, 0.25) is 0 Å². The lowest BCUT2D eigenvalue weighted by atomic mass is 10.2. The van der Waals surface area contributed by atoms with E-state index in [1.807, 2.05) is 0 Å². The summed E-state index contributed by atoms with van der Waals surface area (Å²) in [5.74, 6) is 6.13. The van der Waals surface area contributed by atoms with E-state index in [1.54, 1.807) is 0 Å². The Morgan fingerprint density at radius 1 is 1.63 bits per heavy atom. The number of halogens is 1. The number of carbonyl (C=O) groups is 1. The summed E-state index contributed by atoms with van der Waals surface area (Å²) >= 11 is 7.06. The second kappa shape index (κ2) is 7.12. The van der Waals surface area contributed by atoms with Crippen LogP contribution >= 0.6 is 23.4 Å². The highest BCUT2D eigenvalue weighted by Crippen LogP contribution is 2.22. The maximum Gasteiger partial charge on any atom is 0.291 e. The van der Waals surface area contributed by atoms with E-state index in [-0.39, 0.29) is 21.6 Å². The van der Waals surface area contributed by atoms with Gasteiger partial charge < -0.3 is 0 Å². The van der Waals surface area contributed by atoms with Crippen molar-refractivity contribution in [1.82, 2.24) is 4.98 Å². The molecule has 0 atom stereocenters. The van der Waals surface area contributed by atoms with Crippen LogP contribution in [0.4, 0.5) is 5.69 Å². The zero-order valence-electron chi connectivity index (χ0n) is 10.4. The number of nitrogens with zero attached hydrogens (tertiary/aromatic N) is 2. The Balaban J connectivity index is 2.84. The van der Waals surface area contributed by atoms with E-state index in [4.69, 9.17) is 11.6 Å². The Hall–Kier alpha value is -1.58. The monoisotopic (exact) mass is 298 g/mol. The molecule has 0 saturated carbocycles. The predicted octanol–water partition coefficient (Wildman–Crippen LogP) is 2.97. The van der Waals surface area contributed by atoms with E-state index in [0.29, 0.717) is 17.7 Å². The first-order valence-corrected chi connectivity index (χ1v) is 6.72. The SMILES string of the molecule is CC(=O)SCCC#Cc1cc([N+](=O)[O-])c(C)nc1Cl. The lowest BCUT2D eigenvalue weighted by molar-refractivity contribution is -0.385. The highest BCUT2D eigenvalue weighted by molar-refractivity contribution is 8.13. The Kier molecular flexibility index (Phi) is 5.80. The zero-order valence-corrected chi connectivity index (χ0v) is 12.0. The molecule has 0 aliphatic rings. The number of aryl methyl sites for hydroxylation is 1. The van der Waals surface area contributed by atoms with Crippen LogP contribution in [0.1, 0.15) is 24.6 Å². The minimum absolute atomic E-state index is 0.0347. The smallest absolute Gasteiger partial charge is 0.288 e. The third kappa shape index (κ3) is 4.89. The van der Waals surface area contributed by atoms with Gasteiger partial charge >= 0.3 is 0 Å². The van der Waals surface area contributed by atoms with Crippen molar-refractivity contribution in [2.75, 3.05) is 5.75 Å². The summed E-state index contributed by atoms with van der Waals surface area (Å²) in [5, 5.41) is 11.0. The Morgan fingerprint density at radius 3 is 2.89 bits per heavy atom. The predicted molar refractivity (Wildman–Crippen MR) is 75.3 cm³/mol. The molecular weight excluding hydrogens is 288 g/mol. The van der Waals surface area contributed by atoms with Crippen LogP contribution in [0, 0.1) is 28.9 Å². The summed E-state index contributed by atoms with van der Waals surface area (Å²) in [6, 6.07) is 1.32. The summed E-state index contributed by atoms with van der Waals surface area (Å²) in [4.78, 5) is 24.8. The van der Waals surface area contributed by atoms with Crippen LogP contribution in [0.15, 0.2) is 6.07 Å². The minimum atomic E-state index is -0.518. The van der Waals surface area contributed by atoms with Crippen LogP contribution < -0.4 is 0 Å². The first kappa shape index (κ1) is 15.5. The molecule has 0 saturated heterocycles. The standard InChI is InChI=1S/C12H11ClN2O3S/c1-8-11(15(17)18)7-10(12(13)14-8)5-3-4-6-19-9(2)16/h7H,4,6H2,1-2H3. The summed E-state index contributed by atoms with van der Waals surface area (Å²) in [5.41, 5.74) is 0.478. The van der Waals surface area contributed by atoms with Crippen molar-refractivity contribution in [2.24, 2.45) is 0 Å². The van der Waals surface area contributed by atoms with Crippen molar-refractivity contribution in [3.63, 3.8) is 0 Å². The molecule has 1 rings (SSSR count). The number of nitro groups is 1. The molecule has 100 valence electrons. The van der Waals surface area contributed by atoms with E-state index in [9.17, 15) is 14.9 Å². The molecule has 0 aliphatic carbocycles. The number of hydrogen-bond donors (Lipinski definition) is 0.